The summed E-state index contributed by atoms with van der Waals surface area (Å²) in [6.07, 6.45) is 5.03. The highest BCUT2D eigenvalue weighted by atomic mass is 32.1. The second kappa shape index (κ2) is 11.6. The molecule has 0 unspecified atom stereocenters. The molecule has 1 N–H and O–H groups in total. The maximum absolute atomic E-state index is 13.6. The summed E-state index contributed by atoms with van der Waals surface area (Å²) in [5.74, 6) is 0.634. The number of unbranched alkanes of at least 4 members (excludes halogenated alkanes) is 2. The van der Waals surface area contributed by atoms with Crippen LogP contribution in [0.25, 0.3) is 21.9 Å². The van der Waals surface area contributed by atoms with Crippen LogP contribution in [0.1, 0.15) is 37.3 Å². The lowest BCUT2D eigenvalue weighted by molar-refractivity contribution is -0.111. The zero-order chi connectivity index (χ0) is 24.6. The molecule has 0 spiro atoms. The number of halogens is 1. The molecule has 0 radical (unpaired) electrons. The van der Waals surface area contributed by atoms with E-state index in [1.807, 2.05) is 48.5 Å². The Kier molecular flexibility index (Phi) is 8.11. The van der Waals surface area contributed by atoms with Gasteiger partial charge in [-0.1, -0.05) is 67.5 Å². The number of amides is 1. The molecule has 1 heterocycles. The average Bonchev–Trinajstić information content (AvgIpc) is 3.27. The zero-order valence-electron chi connectivity index (χ0n) is 19.7. The van der Waals surface area contributed by atoms with Crippen LogP contribution >= 0.6 is 11.3 Å². The van der Waals surface area contributed by atoms with Crippen LogP contribution in [-0.2, 0) is 4.79 Å². The number of aromatic nitrogens is 1. The molecule has 35 heavy (non-hydrogen) atoms. The van der Waals surface area contributed by atoms with Gasteiger partial charge >= 0.3 is 0 Å². The summed E-state index contributed by atoms with van der Waals surface area (Å²) in [7, 11) is 1.60. The van der Waals surface area contributed by atoms with E-state index >= 15 is 0 Å². The Hall–Kier alpha value is -3.71. The summed E-state index contributed by atoms with van der Waals surface area (Å²) in [6, 6.07) is 19.4. The fourth-order valence-electron chi connectivity index (χ4n) is 3.61. The van der Waals surface area contributed by atoms with Crippen LogP contribution in [-0.4, -0.2) is 24.6 Å². The Morgan fingerprint density at radius 3 is 2.66 bits per heavy atom. The highest BCUT2D eigenvalue weighted by molar-refractivity contribution is 7.22. The van der Waals surface area contributed by atoms with E-state index in [-0.39, 0.29) is 11.7 Å². The van der Waals surface area contributed by atoms with Crippen LogP contribution in [0, 0.1) is 5.82 Å². The van der Waals surface area contributed by atoms with Gasteiger partial charge in [0.15, 0.2) is 16.6 Å². The van der Waals surface area contributed by atoms with Crippen molar-refractivity contribution in [1.29, 1.82) is 0 Å². The molecular formula is C28H27FN2O3S. The third-order valence-electron chi connectivity index (χ3n) is 5.40. The van der Waals surface area contributed by atoms with Gasteiger partial charge in [-0.05, 0) is 54.0 Å². The minimum absolute atomic E-state index is 0.311. The van der Waals surface area contributed by atoms with Crippen molar-refractivity contribution in [2.45, 2.75) is 26.2 Å². The van der Waals surface area contributed by atoms with Crippen molar-refractivity contribution < 1.29 is 18.7 Å². The zero-order valence-corrected chi connectivity index (χ0v) is 20.5. The van der Waals surface area contributed by atoms with E-state index in [0.29, 0.717) is 39.0 Å². The number of hydrogen-bond acceptors (Lipinski definition) is 5. The molecular weight excluding hydrogens is 463 g/mol. The van der Waals surface area contributed by atoms with E-state index in [2.05, 4.69) is 17.2 Å². The summed E-state index contributed by atoms with van der Waals surface area (Å²) in [4.78, 5) is 17.8. The first-order valence-corrected chi connectivity index (χ1v) is 12.3. The fraction of sp³-hybridized carbons (Fsp3) is 0.214. The molecule has 4 aromatic rings. The Labute approximate surface area is 208 Å². The van der Waals surface area contributed by atoms with Crippen molar-refractivity contribution in [2.24, 2.45) is 0 Å². The lowest BCUT2D eigenvalue weighted by Crippen LogP contribution is -2.13. The molecule has 1 aromatic heterocycles. The van der Waals surface area contributed by atoms with Gasteiger partial charge in [0.2, 0.25) is 0 Å². The third kappa shape index (κ3) is 6.25. The van der Waals surface area contributed by atoms with Crippen molar-refractivity contribution in [3.8, 4) is 11.5 Å². The standard InChI is InChI=1S/C28H27FN2O3S/c1-3-4-8-15-34-24-14-11-19(17-25(24)33-2)16-22(20-9-6-5-7-10-20)27(32)31-28-30-23-13-12-21(29)18-26(23)35-28/h5-7,9-14,16-18H,3-4,8,15H2,1-2H3,(H,30,31,32)/b22-16+. The topological polar surface area (TPSA) is 60.5 Å². The molecule has 0 saturated carbocycles. The van der Waals surface area contributed by atoms with Crippen molar-refractivity contribution in [1.82, 2.24) is 4.98 Å². The summed E-state index contributed by atoms with van der Waals surface area (Å²) < 4.78 is 25.6. The SMILES string of the molecule is CCCCCOc1ccc(/C=C(/C(=O)Nc2nc3ccc(F)cc3s2)c2ccccc2)cc1OC. The van der Waals surface area contributed by atoms with Gasteiger partial charge in [-0.25, -0.2) is 9.37 Å². The first-order valence-electron chi connectivity index (χ1n) is 11.5. The van der Waals surface area contributed by atoms with Gasteiger partial charge in [0.25, 0.3) is 5.91 Å². The number of thiazole rings is 1. The molecule has 0 bridgehead atoms. The fourth-order valence-corrected chi connectivity index (χ4v) is 4.49. The van der Waals surface area contributed by atoms with E-state index in [1.54, 1.807) is 19.3 Å². The molecule has 7 heteroatoms. The third-order valence-corrected chi connectivity index (χ3v) is 6.34. The number of benzene rings is 3. The Balaban J connectivity index is 1.62. The number of carbonyl (C=O) groups is 1. The van der Waals surface area contributed by atoms with Gasteiger partial charge in [0.05, 0.1) is 23.9 Å². The highest BCUT2D eigenvalue weighted by Gasteiger charge is 2.16. The molecule has 0 aliphatic heterocycles. The number of methoxy groups -OCH3 is 1. The maximum atomic E-state index is 13.6. The second-order valence-corrected chi connectivity index (χ2v) is 9.01. The van der Waals surface area contributed by atoms with E-state index in [0.717, 1.165) is 30.4 Å². The number of rotatable bonds is 10. The Morgan fingerprint density at radius 2 is 1.89 bits per heavy atom. The van der Waals surface area contributed by atoms with Crippen molar-refractivity contribution in [3.63, 3.8) is 0 Å². The second-order valence-electron chi connectivity index (χ2n) is 7.98. The van der Waals surface area contributed by atoms with Crippen molar-refractivity contribution in [3.05, 3.63) is 83.7 Å². The van der Waals surface area contributed by atoms with Gasteiger partial charge in [0.1, 0.15) is 5.82 Å². The highest BCUT2D eigenvalue weighted by Crippen LogP contribution is 2.31. The van der Waals surface area contributed by atoms with E-state index < -0.39 is 0 Å². The molecule has 0 atom stereocenters. The quantitative estimate of drug-likeness (QED) is 0.145. The van der Waals surface area contributed by atoms with Crippen LogP contribution in [0.4, 0.5) is 9.52 Å². The predicted octanol–water partition coefficient (Wildman–Crippen LogP) is 7.19. The normalized spacial score (nSPS) is 11.5. The minimum atomic E-state index is -0.337. The van der Waals surface area contributed by atoms with Crippen LogP contribution in [0.5, 0.6) is 11.5 Å². The van der Waals surface area contributed by atoms with Gasteiger partial charge in [0, 0.05) is 5.57 Å². The number of nitrogens with zero attached hydrogens (tertiary/aromatic N) is 1. The molecule has 0 fully saturated rings. The number of ether oxygens (including phenoxy) is 2. The minimum Gasteiger partial charge on any atom is -0.493 e. The van der Waals surface area contributed by atoms with Gasteiger partial charge in [-0.3, -0.25) is 10.1 Å². The van der Waals surface area contributed by atoms with Crippen LogP contribution < -0.4 is 14.8 Å². The molecule has 4 rings (SSSR count). The van der Waals surface area contributed by atoms with E-state index in [4.69, 9.17) is 9.47 Å². The van der Waals surface area contributed by atoms with Gasteiger partial charge < -0.3 is 9.47 Å². The largest absolute Gasteiger partial charge is 0.493 e. The van der Waals surface area contributed by atoms with Crippen LogP contribution in [0.15, 0.2) is 66.7 Å². The number of anilines is 1. The van der Waals surface area contributed by atoms with Gasteiger partial charge in [-0.2, -0.15) is 0 Å². The van der Waals surface area contributed by atoms with Crippen LogP contribution in [0.2, 0.25) is 0 Å². The summed E-state index contributed by atoms with van der Waals surface area (Å²) in [5.41, 5.74) is 2.66. The Bertz CT molecular complexity index is 1330. The summed E-state index contributed by atoms with van der Waals surface area (Å²) in [6.45, 7) is 2.78. The molecule has 180 valence electrons. The predicted molar refractivity (Wildman–Crippen MR) is 141 cm³/mol. The van der Waals surface area contributed by atoms with Crippen molar-refractivity contribution in [2.75, 3.05) is 19.0 Å². The monoisotopic (exact) mass is 490 g/mol. The molecule has 1 amide bonds. The molecule has 0 aliphatic carbocycles. The molecule has 5 nitrogen and oxygen atoms in total. The number of fused-ring (bicyclic) bond motifs is 1. The molecule has 0 saturated heterocycles. The van der Waals surface area contributed by atoms with Crippen LogP contribution in [0.3, 0.4) is 0 Å². The number of hydrogen-bond donors (Lipinski definition) is 1. The van der Waals surface area contributed by atoms with Crippen molar-refractivity contribution >= 4 is 44.2 Å². The Morgan fingerprint density at radius 1 is 1.06 bits per heavy atom. The molecule has 0 aliphatic rings. The first-order chi connectivity index (χ1) is 17.1. The summed E-state index contributed by atoms with van der Waals surface area (Å²) >= 11 is 1.23. The number of nitrogens with one attached hydrogen (secondary N) is 1. The lowest BCUT2D eigenvalue weighted by atomic mass is 10.0. The van der Waals surface area contributed by atoms with E-state index in [1.165, 1.54) is 23.5 Å². The number of carbonyl (C=O) groups excluding carboxylic acids is 1. The van der Waals surface area contributed by atoms with Gasteiger partial charge in [-0.15, -0.1) is 0 Å². The summed E-state index contributed by atoms with van der Waals surface area (Å²) in [5, 5.41) is 3.28. The average molecular weight is 491 g/mol. The molecule has 3 aromatic carbocycles. The smallest absolute Gasteiger partial charge is 0.258 e. The van der Waals surface area contributed by atoms with E-state index in [9.17, 15) is 9.18 Å². The maximum Gasteiger partial charge on any atom is 0.258 e. The first kappa shape index (κ1) is 24.4. The lowest BCUT2D eigenvalue weighted by Gasteiger charge is -2.12.